The normalized spacial score (nSPS) is 12.8. The number of fused-ring (bicyclic) bond motifs is 1. The minimum Gasteiger partial charge on any atom is -0.459 e. The highest BCUT2D eigenvalue weighted by molar-refractivity contribution is 6.31. The van der Waals surface area contributed by atoms with Crippen molar-refractivity contribution < 1.29 is 8.81 Å². The number of aryl methyl sites for hydroxylation is 1. The molecule has 0 amide bonds. The van der Waals surface area contributed by atoms with Gasteiger partial charge in [-0.15, -0.1) is 0 Å². The van der Waals surface area contributed by atoms with E-state index in [2.05, 4.69) is 5.43 Å². The van der Waals surface area contributed by atoms with Crippen molar-refractivity contribution in [1.29, 1.82) is 0 Å². The van der Waals surface area contributed by atoms with Crippen LogP contribution in [0.3, 0.4) is 0 Å². The van der Waals surface area contributed by atoms with E-state index in [-0.39, 0.29) is 11.9 Å². The largest absolute Gasteiger partial charge is 0.459 e. The molecule has 2 aromatic carbocycles. The van der Waals surface area contributed by atoms with Crippen molar-refractivity contribution in [2.24, 2.45) is 5.84 Å². The molecule has 0 bridgehead atoms. The number of halogens is 2. The molecule has 0 radical (unpaired) electrons. The van der Waals surface area contributed by atoms with Gasteiger partial charge in [-0.25, -0.2) is 9.82 Å². The third kappa shape index (κ3) is 2.65. The topological polar surface area (TPSA) is 51.2 Å². The average molecular weight is 305 g/mol. The van der Waals surface area contributed by atoms with Crippen molar-refractivity contribution in [3.63, 3.8) is 0 Å². The Labute approximate surface area is 126 Å². The van der Waals surface area contributed by atoms with Crippen LogP contribution in [0, 0.1) is 12.7 Å². The molecule has 0 fully saturated rings. The molecule has 0 saturated carbocycles. The number of hydrazine groups is 1. The molecule has 0 aliphatic carbocycles. The Morgan fingerprint density at radius 2 is 2.00 bits per heavy atom. The summed E-state index contributed by atoms with van der Waals surface area (Å²) in [6.07, 6.45) is 0. The van der Waals surface area contributed by atoms with Crippen LogP contribution in [0.25, 0.3) is 11.0 Å². The summed E-state index contributed by atoms with van der Waals surface area (Å²) in [7, 11) is 0. The zero-order chi connectivity index (χ0) is 15.0. The van der Waals surface area contributed by atoms with Crippen molar-refractivity contribution in [2.45, 2.75) is 13.0 Å². The highest BCUT2D eigenvalue weighted by Crippen LogP contribution is 2.30. The number of rotatable bonds is 3. The van der Waals surface area contributed by atoms with Gasteiger partial charge < -0.3 is 4.42 Å². The van der Waals surface area contributed by atoms with Gasteiger partial charge in [-0.3, -0.25) is 5.84 Å². The lowest BCUT2D eigenvalue weighted by Gasteiger charge is -2.14. The first kappa shape index (κ1) is 14.1. The van der Waals surface area contributed by atoms with Gasteiger partial charge in [0.2, 0.25) is 0 Å². The van der Waals surface area contributed by atoms with Crippen LogP contribution in [0.5, 0.6) is 0 Å². The maximum absolute atomic E-state index is 13.4. The first-order chi connectivity index (χ1) is 10.1. The molecule has 3 aromatic rings. The monoisotopic (exact) mass is 304 g/mol. The van der Waals surface area contributed by atoms with E-state index in [0.29, 0.717) is 16.3 Å². The Morgan fingerprint density at radius 3 is 2.71 bits per heavy atom. The van der Waals surface area contributed by atoms with Crippen LogP contribution in [0.1, 0.15) is 22.9 Å². The molecule has 3 rings (SSSR count). The summed E-state index contributed by atoms with van der Waals surface area (Å²) in [5.41, 5.74) is 4.83. The van der Waals surface area contributed by atoms with E-state index in [1.165, 1.54) is 6.07 Å². The first-order valence-corrected chi connectivity index (χ1v) is 6.87. The second kappa shape index (κ2) is 5.48. The maximum atomic E-state index is 13.4. The zero-order valence-electron chi connectivity index (χ0n) is 11.4. The fraction of sp³-hybridized carbons (Fsp3) is 0.125. The Kier molecular flexibility index (Phi) is 3.68. The van der Waals surface area contributed by atoms with Crippen LogP contribution >= 0.6 is 11.6 Å². The second-order valence-electron chi connectivity index (χ2n) is 4.94. The SMILES string of the molecule is Cc1cc(C(NN)c2cc3cc(Cl)ccc3o2)ccc1F. The first-order valence-electron chi connectivity index (χ1n) is 6.49. The number of hydrogen-bond acceptors (Lipinski definition) is 3. The summed E-state index contributed by atoms with van der Waals surface area (Å²) in [4.78, 5) is 0. The average Bonchev–Trinajstić information content (AvgIpc) is 2.86. The Balaban J connectivity index is 2.06. The molecule has 1 aromatic heterocycles. The van der Waals surface area contributed by atoms with Gasteiger partial charge in [0.15, 0.2) is 0 Å². The Morgan fingerprint density at radius 1 is 1.19 bits per heavy atom. The van der Waals surface area contributed by atoms with Crippen LogP contribution in [-0.4, -0.2) is 0 Å². The molecular formula is C16H14ClFN2O. The number of furan rings is 1. The maximum Gasteiger partial charge on any atom is 0.134 e. The van der Waals surface area contributed by atoms with Gasteiger partial charge in [0.25, 0.3) is 0 Å². The highest BCUT2D eigenvalue weighted by Gasteiger charge is 2.18. The Bertz CT molecular complexity index is 800. The van der Waals surface area contributed by atoms with Crippen molar-refractivity contribution in [2.75, 3.05) is 0 Å². The molecule has 21 heavy (non-hydrogen) atoms. The molecule has 0 spiro atoms. The quantitative estimate of drug-likeness (QED) is 0.566. The third-order valence-electron chi connectivity index (χ3n) is 3.46. The fourth-order valence-corrected chi connectivity index (χ4v) is 2.55. The van der Waals surface area contributed by atoms with E-state index in [4.69, 9.17) is 21.9 Å². The predicted octanol–water partition coefficient (Wildman–Crippen LogP) is 4.09. The van der Waals surface area contributed by atoms with E-state index < -0.39 is 0 Å². The number of benzene rings is 2. The molecule has 3 N–H and O–H groups in total. The third-order valence-corrected chi connectivity index (χ3v) is 3.70. The van der Waals surface area contributed by atoms with Crippen molar-refractivity contribution in [3.05, 3.63) is 70.2 Å². The molecule has 1 atom stereocenters. The van der Waals surface area contributed by atoms with Crippen LogP contribution in [0.15, 0.2) is 46.9 Å². The van der Waals surface area contributed by atoms with Gasteiger partial charge in [-0.05, 0) is 48.4 Å². The van der Waals surface area contributed by atoms with Crippen molar-refractivity contribution in [1.82, 2.24) is 5.43 Å². The van der Waals surface area contributed by atoms with Crippen molar-refractivity contribution in [3.8, 4) is 0 Å². The van der Waals surface area contributed by atoms with Crippen LogP contribution in [0.4, 0.5) is 4.39 Å². The summed E-state index contributed by atoms with van der Waals surface area (Å²) in [5.74, 6) is 6.06. The van der Waals surface area contributed by atoms with Crippen LogP contribution < -0.4 is 11.3 Å². The lowest BCUT2D eigenvalue weighted by Crippen LogP contribution is -2.28. The van der Waals surface area contributed by atoms with E-state index in [0.717, 1.165) is 16.5 Å². The van der Waals surface area contributed by atoms with Gasteiger partial charge >= 0.3 is 0 Å². The summed E-state index contributed by atoms with van der Waals surface area (Å²) < 4.78 is 19.2. The van der Waals surface area contributed by atoms with Gasteiger partial charge in [0, 0.05) is 10.4 Å². The fourth-order valence-electron chi connectivity index (χ4n) is 2.37. The molecule has 1 unspecified atom stereocenters. The second-order valence-corrected chi connectivity index (χ2v) is 5.38. The molecular weight excluding hydrogens is 291 g/mol. The minimum absolute atomic E-state index is 0.245. The molecule has 5 heteroatoms. The van der Waals surface area contributed by atoms with Gasteiger partial charge in [-0.1, -0.05) is 23.7 Å². The summed E-state index contributed by atoms with van der Waals surface area (Å²) in [5, 5.41) is 1.54. The van der Waals surface area contributed by atoms with Crippen molar-refractivity contribution >= 4 is 22.6 Å². The zero-order valence-corrected chi connectivity index (χ0v) is 12.1. The summed E-state index contributed by atoms with van der Waals surface area (Å²) in [6.45, 7) is 1.71. The Hall–Kier alpha value is -1.88. The van der Waals surface area contributed by atoms with Gasteiger partial charge in [0.05, 0.1) is 0 Å². The number of nitrogens with two attached hydrogens (primary N) is 1. The predicted molar refractivity (Wildman–Crippen MR) is 81.5 cm³/mol. The minimum atomic E-state index is -0.351. The molecule has 1 heterocycles. The standard InChI is InChI=1S/C16H14ClFN2O/c1-9-6-10(2-4-13(9)18)16(20-19)15-8-11-7-12(17)3-5-14(11)21-15/h2-8,16,20H,19H2,1H3. The molecule has 0 aliphatic rings. The molecule has 0 aliphatic heterocycles. The molecule has 0 saturated heterocycles. The van der Waals surface area contributed by atoms with Gasteiger partial charge in [0.1, 0.15) is 23.2 Å². The summed E-state index contributed by atoms with van der Waals surface area (Å²) >= 11 is 5.97. The number of hydrogen-bond donors (Lipinski definition) is 2. The number of nitrogens with one attached hydrogen (secondary N) is 1. The summed E-state index contributed by atoms with van der Waals surface area (Å²) in [6, 6.07) is 11.8. The van der Waals surface area contributed by atoms with Crippen LogP contribution in [-0.2, 0) is 0 Å². The lowest BCUT2D eigenvalue weighted by atomic mass is 10.0. The van der Waals surface area contributed by atoms with Gasteiger partial charge in [-0.2, -0.15) is 0 Å². The van der Waals surface area contributed by atoms with E-state index in [9.17, 15) is 4.39 Å². The molecule has 3 nitrogen and oxygen atoms in total. The van der Waals surface area contributed by atoms with E-state index in [1.807, 2.05) is 18.2 Å². The molecule has 108 valence electrons. The van der Waals surface area contributed by atoms with E-state index >= 15 is 0 Å². The van der Waals surface area contributed by atoms with Crippen LogP contribution in [0.2, 0.25) is 5.02 Å². The highest BCUT2D eigenvalue weighted by atomic mass is 35.5. The smallest absolute Gasteiger partial charge is 0.134 e. The lowest BCUT2D eigenvalue weighted by molar-refractivity contribution is 0.476. The van der Waals surface area contributed by atoms with E-state index in [1.54, 1.807) is 25.1 Å².